The number of fused-ring (bicyclic) bond motifs is 1. The van der Waals surface area contributed by atoms with Gasteiger partial charge in [-0.05, 0) is 18.2 Å². The van der Waals surface area contributed by atoms with E-state index in [4.69, 9.17) is 9.47 Å². The van der Waals surface area contributed by atoms with Crippen LogP contribution in [0.15, 0.2) is 35.2 Å². The van der Waals surface area contributed by atoms with Crippen molar-refractivity contribution in [2.75, 3.05) is 25.1 Å². The second kappa shape index (κ2) is 6.47. The quantitative estimate of drug-likeness (QED) is 0.731. The maximum absolute atomic E-state index is 13.3. The maximum Gasteiger partial charge on any atom is 0.255 e. The van der Waals surface area contributed by atoms with Gasteiger partial charge in [0.15, 0.2) is 17.5 Å². The minimum Gasteiger partial charge on any atom is -0.490 e. The zero-order valence-corrected chi connectivity index (χ0v) is 14.9. The fourth-order valence-corrected chi connectivity index (χ4v) is 4.42. The first-order chi connectivity index (χ1) is 13.2. The van der Waals surface area contributed by atoms with Crippen molar-refractivity contribution in [1.29, 1.82) is 0 Å². The number of anilines is 1. The van der Waals surface area contributed by atoms with Crippen LogP contribution in [-0.4, -0.2) is 39.7 Å². The molecule has 0 saturated carbocycles. The van der Waals surface area contributed by atoms with Crippen LogP contribution < -0.4 is 14.8 Å². The molecule has 0 atom stereocenters. The van der Waals surface area contributed by atoms with Crippen LogP contribution in [0.4, 0.5) is 18.9 Å². The van der Waals surface area contributed by atoms with Crippen molar-refractivity contribution in [3.63, 3.8) is 0 Å². The standard InChI is InChI=1S/C17H13F3N2O5S/c18-11-4-10(5-12(19)15(11)20)21-16(23)9-1-2-13-14(3-9)28(24,25)22-17(8-27-13)6-26-7-17/h1-5,22H,6-8H2,(H,21,23). The van der Waals surface area contributed by atoms with Gasteiger partial charge in [-0.15, -0.1) is 0 Å². The first-order valence-corrected chi connectivity index (χ1v) is 9.52. The van der Waals surface area contributed by atoms with Gasteiger partial charge in [-0.3, -0.25) is 4.79 Å². The summed E-state index contributed by atoms with van der Waals surface area (Å²) in [6.07, 6.45) is 0. The van der Waals surface area contributed by atoms with E-state index in [1.54, 1.807) is 0 Å². The number of sulfonamides is 1. The number of ether oxygens (including phenoxy) is 2. The third kappa shape index (κ3) is 3.21. The van der Waals surface area contributed by atoms with Crippen LogP contribution in [0.3, 0.4) is 0 Å². The molecule has 0 radical (unpaired) electrons. The van der Waals surface area contributed by atoms with Crippen molar-refractivity contribution in [3.05, 3.63) is 53.3 Å². The second-order valence-corrected chi connectivity index (χ2v) is 8.19. The monoisotopic (exact) mass is 414 g/mol. The molecule has 1 amide bonds. The summed E-state index contributed by atoms with van der Waals surface area (Å²) >= 11 is 0. The van der Waals surface area contributed by atoms with Crippen LogP contribution in [0, 0.1) is 17.5 Å². The Labute approximate surface area is 157 Å². The first kappa shape index (κ1) is 18.7. The fourth-order valence-electron chi connectivity index (χ4n) is 2.89. The number of halogens is 3. The molecule has 0 aromatic heterocycles. The Balaban J connectivity index is 1.63. The van der Waals surface area contributed by atoms with Gasteiger partial charge in [0.1, 0.15) is 22.8 Å². The third-order valence-corrected chi connectivity index (χ3v) is 5.95. The lowest BCUT2D eigenvalue weighted by atomic mass is 10.0. The van der Waals surface area contributed by atoms with E-state index in [2.05, 4.69) is 10.0 Å². The Hall–Kier alpha value is -2.63. The van der Waals surface area contributed by atoms with Gasteiger partial charge in [0.05, 0.1) is 13.2 Å². The molecule has 0 unspecified atom stereocenters. The van der Waals surface area contributed by atoms with Crippen molar-refractivity contribution in [1.82, 2.24) is 4.72 Å². The maximum atomic E-state index is 13.3. The summed E-state index contributed by atoms with van der Waals surface area (Å²) in [5.74, 6) is -5.37. The average molecular weight is 414 g/mol. The largest absolute Gasteiger partial charge is 0.490 e. The number of nitrogens with one attached hydrogen (secondary N) is 2. The Kier molecular flexibility index (Phi) is 4.32. The average Bonchev–Trinajstić information content (AvgIpc) is 2.73. The lowest BCUT2D eigenvalue weighted by Crippen LogP contribution is -2.64. The van der Waals surface area contributed by atoms with Crippen LogP contribution in [-0.2, 0) is 14.8 Å². The van der Waals surface area contributed by atoms with Gasteiger partial charge in [-0.25, -0.2) is 21.6 Å². The number of hydrogen-bond acceptors (Lipinski definition) is 5. The molecular weight excluding hydrogens is 401 g/mol. The summed E-state index contributed by atoms with van der Waals surface area (Å²) in [7, 11) is -4.00. The van der Waals surface area contributed by atoms with Crippen molar-refractivity contribution in [2.45, 2.75) is 10.4 Å². The zero-order chi connectivity index (χ0) is 20.1. The molecule has 2 aliphatic heterocycles. The van der Waals surface area contributed by atoms with E-state index in [9.17, 15) is 26.4 Å². The predicted octanol–water partition coefficient (Wildman–Crippen LogP) is 1.80. The van der Waals surface area contributed by atoms with E-state index in [0.717, 1.165) is 6.07 Å². The number of amides is 1. The van der Waals surface area contributed by atoms with Crippen molar-refractivity contribution >= 4 is 21.6 Å². The normalized spacial score (nSPS) is 19.1. The van der Waals surface area contributed by atoms with Crippen LogP contribution >= 0.6 is 0 Å². The number of benzene rings is 2. The van der Waals surface area contributed by atoms with Gasteiger partial charge in [-0.1, -0.05) is 0 Å². The van der Waals surface area contributed by atoms with E-state index in [0.29, 0.717) is 12.1 Å². The van der Waals surface area contributed by atoms with Gasteiger partial charge in [0, 0.05) is 23.4 Å². The molecule has 2 aliphatic rings. The first-order valence-electron chi connectivity index (χ1n) is 8.04. The van der Waals surface area contributed by atoms with Gasteiger partial charge in [0.25, 0.3) is 5.91 Å². The van der Waals surface area contributed by atoms with Gasteiger partial charge < -0.3 is 14.8 Å². The predicted molar refractivity (Wildman–Crippen MR) is 90.1 cm³/mol. The summed E-state index contributed by atoms with van der Waals surface area (Å²) in [6.45, 7) is 0.392. The number of carbonyl (C=O) groups excluding carboxylic acids is 1. The minimum absolute atomic E-state index is 0.0618. The van der Waals surface area contributed by atoms with Gasteiger partial charge in [0.2, 0.25) is 10.0 Å². The Morgan fingerprint density at radius 1 is 1.07 bits per heavy atom. The summed E-state index contributed by atoms with van der Waals surface area (Å²) in [5, 5.41) is 2.19. The van der Waals surface area contributed by atoms with Gasteiger partial charge >= 0.3 is 0 Å². The number of carbonyl (C=O) groups is 1. The Morgan fingerprint density at radius 2 is 1.75 bits per heavy atom. The molecule has 0 aliphatic carbocycles. The van der Waals surface area contributed by atoms with Crippen LogP contribution in [0.25, 0.3) is 0 Å². The Bertz CT molecular complexity index is 1060. The van der Waals surface area contributed by atoms with Crippen molar-refractivity contribution in [2.24, 2.45) is 0 Å². The topological polar surface area (TPSA) is 93.7 Å². The lowest BCUT2D eigenvalue weighted by Gasteiger charge is -2.39. The highest BCUT2D eigenvalue weighted by Gasteiger charge is 2.46. The molecule has 2 N–H and O–H groups in total. The number of hydrogen-bond donors (Lipinski definition) is 2. The summed E-state index contributed by atoms with van der Waals surface area (Å²) < 4.78 is 78.0. The molecule has 1 fully saturated rings. The molecule has 148 valence electrons. The third-order valence-electron chi connectivity index (χ3n) is 4.35. The van der Waals surface area contributed by atoms with E-state index in [1.165, 1.54) is 12.1 Å². The van der Waals surface area contributed by atoms with Crippen LogP contribution in [0.2, 0.25) is 0 Å². The fraction of sp³-hybridized carbons (Fsp3) is 0.235. The molecule has 1 spiro atoms. The smallest absolute Gasteiger partial charge is 0.255 e. The van der Waals surface area contributed by atoms with Gasteiger partial charge in [-0.2, -0.15) is 4.72 Å². The molecule has 0 bridgehead atoms. The molecule has 2 aromatic carbocycles. The summed E-state index contributed by atoms with van der Waals surface area (Å²) in [5.41, 5.74) is -1.28. The summed E-state index contributed by atoms with van der Waals surface area (Å²) in [4.78, 5) is 12.1. The van der Waals surface area contributed by atoms with Crippen LogP contribution in [0.5, 0.6) is 5.75 Å². The summed E-state index contributed by atoms with van der Waals surface area (Å²) in [6, 6.07) is 4.92. The highest BCUT2D eigenvalue weighted by Crippen LogP contribution is 2.32. The lowest BCUT2D eigenvalue weighted by molar-refractivity contribution is -0.0801. The van der Waals surface area contributed by atoms with Crippen molar-refractivity contribution in [3.8, 4) is 5.75 Å². The van der Waals surface area contributed by atoms with E-state index < -0.39 is 38.9 Å². The van der Waals surface area contributed by atoms with Crippen molar-refractivity contribution < 1.29 is 35.9 Å². The molecule has 28 heavy (non-hydrogen) atoms. The second-order valence-electron chi connectivity index (χ2n) is 6.54. The Morgan fingerprint density at radius 3 is 2.36 bits per heavy atom. The molecule has 1 saturated heterocycles. The molecule has 4 rings (SSSR count). The molecule has 2 heterocycles. The van der Waals surface area contributed by atoms with E-state index in [-0.39, 0.29) is 41.7 Å². The highest BCUT2D eigenvalue weighted by atomic mass is 32.2. The highest BCUT2D eigenvalue weighted by molar-refractivity contribution is 7.89. The molecule has 2 aromatic rings. The SMILES string of the molecule is O=C(Nc1cc(F)c(F)c(F)c1)c1ccc2c(c1)S(=O)(=O)NC1(COC1)CO2. The van der Waals surface area contributed by atoms with Crippen LogP contribution in [0.1, 0.15) is 10.4 Å². The zero-order valence-electron chi connectivity index (χ0n) is 14.1. The number of rotatable bonds is 2. The minimum atomic E-state index is -4.00. The van der Waals surface area contributed by atoms with E-state index >= 15 is 0 Å². The van der Waals surface area contributed by atoms with E-state index in [1.807, 2.05) is 0 Å². The molecule has 11 heteroatoms. The molecular formula is C17H13F3N2O5S. The molecule has 7 nitrogen and oxygen atoms in total.